The van der Waals surface area contributed by atoms with E-state index in [1.165, 1.54) is 11.3 Å². The molecule has 26 heavy (non-hydrogen) atoms. The fourth-order valence-electron chi connectivity index (χ4n) is 3.54. The maximum absolute atomic E-state index is 12.2. The number of rotatable bonds is 3. The van der Waals surface area contributed by atoms with Gasteiger partial charge in [-0.1, -0.05) is 19.1 Å². The molecule has 5 heteroatoms. The van der Waals surface area contributed by atoms with Crippen LogP contribution >= 0.6 is 22.6 Å². The zero-order valence-electron chi connectivity index (χ0n) is 15.6. The molecule has 0 aliphatic carbocycles. The van der Waals surface area contributed by atoms with Crippen molar-refractivity contribution in [2.24, 2.45) is 5.10 Å². The second-order valence-electron chi connectivity index (χ2n) is 7.50. The van der Waals surface area contributed by atoms with Crippen LogP contribution in [0.15, 0.2) is 47.6 Å². The molecule has 0 saturated carbocycles. The largest absolute Gasteiger partial charge is 0.369 e. The van der Waals surface area contributed by atoms with E-state index < -0.39 is 0 Å². The number of anilines is 1. The first-order valence-electron chi connectivity index (χ1n) is 8.75. The molecule has 4 nitrogen and oxygen atoms in total. The van der Waals surface area contributed by atoms with Crippen LogP contribution in [0, 0.1) is 3.57 Å². The van der Waals surface area contributed by atoms with Crippen LogP contribution in [-0.2, 0) is 0 Å². The maximum atomic E-state index is 12.2. The van der Waals surface area contributed by atoms with Gasteiger partial charge in [0.2, 0.25) is 0 Å². The highest BCUT2D eigenvalue weighted by Crippen LogP contribution is 2.42. The summed E-state index contributed by atoms with van der Waals surface area (Å²) >= 11 is 2.19. The van der Waals surface area contributed by atoms with Gasteiger partial charge in [-0.2, -0.15) is 5.10 Å². The summed E-state index contributed by atoms with van der Waals surface area (Å²) in [5.41, 5.74) is 6.97. The molecule has 1 unspecified atom stereocenters. The Hall–Kier alpha value is -1.89. The third-order valence-electron chi connectivity index (χ3n) is 5.12. The van der Waals surface area contributed by atoms with Crippen molar-refractivity contribution < 1.29 is 4.79 Å². The zero-order chi connectivity index (χ0) is 18.9. The van der Waals surface area contributed by atoms with Crippen LogP contribution in [-0.4, -0.2) is 24.7 Å². The van der Waals surface area contributed by atoms with Crippen molar-refractivity contribution in [3.05, 3.63) is 62.7 Å². The van der Waals surface area contributed by atoms with Crippen molar-refractivity contribution in [1.29, 1.82) is 0 Å². The summed E-state index contributed by atoms with van der Waals surface area (Å²) in [6.45, 7) is 6.83. The van der Waals surface area contributed by atoms with Crippen molar-refractivity contribution in [2.45, 2.75) is 38.6 Å². The predicted molar refractivity (Wildman–Crippen MR) is 116 cm³/mol. The highest BCUT2D eigenvalue weighted by molar-refractivity contribution is 14.1. The molecule has 136 valence electrons. The molecule has 0 aromatic heterocycles. The van der Waals surface area contributed by atoms with Crippen molar-refractivity contribution in [3.8, 4) is 0 Å². The van der Waals surface area contributed by atoms with Crippen LogP contribution in [0.4, 0.5) is 5.69 Å². The maximum Gasteiger partial charge on any atom is 0.271 e. The molecule has 1 aliphatic heterocycles. The SMILES string of the molecule is CC1CC(C)(C)N(C)c2ccc(/C=N\NC(=O)c3cccc(I)c3)cc21. The molecule has 1 heterocycles. The van der Waals surface area contributed by atoms with Gasteiger partial charge in [0, 0.05) is 27.4 Å². The van der Waals surface area contributed by atoms with E-state index in [9.17, 15) is 4.79 Å². The minimum absolute atomic E-state index is 0.156. The Morgan fingerprint density at radius 1 is 1.31 bits per heavy atom. The van der Waals surface area contributed by atoms with Gasteiger partial charge in [-0.15, -0.1) is 0 Å². The molecule has 1 aliphatic rings. The Morgan fingerprint density at radius 3 is 2.81 bits per heavy atom. The predicted octanol–water partition coefficient (Wildman–Crippen LogP) is 4.78. The second-order valence-corrected chi connectivity index (χ2v) is 8.75. The van der Waals surface area contributed by atoms with E-state index in [-0.39, 0.29) is 11.4 Å². The number of benzene rings is 2. The highest BCUT2D eigenvalue weighted by Gasteiger charge is 2.33. The number of nitrogens with one attached hydrogen (secondary N) is 1. The summed E-state index contributed by atoms with van der Waals surface area (Å²) in [6, 6.07) is 13.8. The highest BCUT2D eigenvalue weighted by atomic mass is 127. The molecular weight excluding hydrogens is 437 g/mol. The molecular formula is C21H24IN3O. The van der Waals surface area contributed by atoms with Gasteiger partial charge < -0.3 is 4.90 Å². The molecule has 2 aromatic carbocycles. The van der Waals surface area contributed by atoms with E-state index in [2.05, 4.69) is 78.0 Å². The molecule has 0 bridgehead atoms. The van der Waals surface area contributed by atoms with Crippen molar-refractivity contribution in [1.82, 2.24) is 5.43 Å². The summed E-state index contributed by atoms with van der Waals surface area (Å²) in [4.78, 5) is 14.5. The number of carbonyl (C=O) groups is 1. The monoisotopic (exact) mass is 461 g/mol. The van der Waals surface area contributed by atoms with E-state index in [0.717, 1.165) is 15.6 Å². The quantitative estimate of drug-likeness (QED) is 0.407. The van der Waals surface area contributed by atoms with Gasteiger partial charge in [0.15, 0.2) is 0 Å². The fraction of sp³-hybridized carbons (Fsp3) is 0.333. The van der Waals surface area contributed by atoms with E-state index in [1.807, 2.05) is 24.3 Å². The van der Waals surface area contributed by atoms with Gasteiger partial charge in [0.25, 0.3) is 5.91 Å². The first-order valence-corrected chi connectivity index (χ1v) is 9.82. The number of amides is 1. The third-order valence-corrected chi connectivity index (χ3v) is 5.80. The van der Waals surface area contributed by atoms with Gasteiger partial charge in [-0.3, -0.25) is 4.79 Å². The summed E-state index contributed by atoms with van der Waals surface area (Å²) in [5.74, 6) is 0.290. The van der Waals surface area contributed by atoms with Crippen LogP contribution in [0.3, 0.4) is 0 Å². The molecule has 2 aromatic rings. The molecule has 0 saturated heterocycles. The molecule has 0 radical (unpaired) electrons. The Kier molecular flexibility index (Phi) is 5.37. The summed E-state index contributed by atoms with van der Waals surface area (Å²) < 4.78 is 1.02. The number of nitrogens with zero attached hydrogens (tertiary/aromatic N) is 2. The molecule has 1 N–H and O–H groups in total. The fourth-order valence-corrected chi connectivity index (χ4v) is 4.08. The lowest BCUT2D eigenvalue weighted by Crippen LogP contribution is -2.45. The van der Waals surface area contributed by atoms with Gasteiger partial charge >= 0.3 is 0 Å². The van der Waals surface area contributed by atoms with E-state index in [4.69, 9.17) is 0 Å². The van der Waals surface area contributed by atoms with E-state index in [0.29, 0.717) is 11.5 Å². The van der Waals surface area contributed by atoms with E-state index in [1.54, 1.807) is 12.3 Å². The number of halogens is 1. The first-order chi connectivity index (χ1) is 12.3. The zero-order valence-corrected chi connectivity index (χ0v) is 17.7. The topological polar surface area (TPSA) is 44.7 Å². The Morgan fingerprint density at radius 2 is 2.08 bits per heavy atom. The molecule has 3 rings (SSSR count). The van der Waals surface area contributed by atoms with Crippen LogP contribution in [0.25, 0.3) is 0 Å². The first kappa shape index (κ1) is 18.9. The second kappa shape index (κ2) is 7.39. The summed E-state index contributed by atoms with van der Waals surface area (Å²) in [5, 5.41) is 4.13. The van der Waals surface area contributed by atoms with Gasteiger partial charge in [0.1, 0.15) is 0 Å². The molecule has 0 spiro atoms. The van der Waals surface area contributed by atoms with Gasteiger partial charge in [-0.25, -0.2) is 5.43 Å². The molecule has 1 atom stereocenters. The number of hydrogen-bond donors (Lipinski definition) is 1. The minimum Gasteiger partial charge on any atom is -0.369 e. The molecule has 0 fully saturated rings. The Bertz CT molecular complexity index is 860. The lowest BCUT2D eigenvalue weighted by atomic mass is 9.80. The van der Waals surface area contributed by atoms with Crippen LogP contribution < -0.4 is 10.3 Å². The summed E-state index contributed by atoms with van der Waals surface area (Å²) in [6.07, 6.45) is 2.82. The summed E-state index contributed by atoms with van der Waals surface area (Å²) in [7, 11) is 2.15. The number of hydrazone groups is 1. The van der Waals surface area contributed by atoms with Crippen LogP contribution in [0.2, 0.25) is 0 Å². The van der Waals surface area contributed by atoms with Crippen molar-refractivity contribution in [2.75, 3.05) is 11.9 Å². The number of fused-ring (bicyclic) bond motifs is 1. The smallest absolute Gasteiger partial charge is 0.271 e. The lowest BCUT2D eigenvalue weighted by molar-refractivity contribution is 0.0955. The Labute approximate surface area is 168 Å². The number of carbonyl (C=O) groups excluding carboxylic acids is 1. The van der Waals surface area contributed by atoms with E-state index >= 15 is 0 Å². The number of hydrogen-bond acceptors (Lipinski definition) is 3. The lowest BCUT2D eigenvalue weighted by Gasteiger charge is -2.45. The van der Waals surface area contributed by atoms with Crippen LogP contribution in [0.5, 0.6) is 0 Å². The standard InChI is InChI=1S/C21H24IN3O/c1-14-12-21(2,3)25(4)19-9-8-15(10-18(14)19)13-23-24-20(26)16-6-5-7-17(22)11-16/h5-11,13-14H,12H2,1-4H3,(H,24,26)/b23-13-. The van der Waals surface area contributed by atoms with Crippen molar-refractivity contribution in [3.63, 3.8) is 0 Å². The average Bonchev–Trinajstić information content (AvgIpc) is 2.59. The van der Waals surface area contributed by atoms with Gasteiger partial charge in [0.05, 0.1) is 6.21 Å². The van der Waals surface area contributed by atoms with Gasteiger partial charge in [-0.05, 0) is 90.2 Å². The van der Waals surface area contributed by atoms with Crippen molar-refractivity contribution >= 4 is 40.4 Å². The average molecular weight is 461 g/mol. The normalized spacial score (nSPS) is 18.7. The third kappa shape index (κ3) is 3.92. The Balaban J connectivity index is 1.74. The van der Waals surface area contributed by atoms with Crippen LogP contribution in [0.1, 0.15) is 54.6 Å². The minimum atomic E-state index is -0.201. The molecule has 1 amide bonds.